The number of imide groups is 1. The van der Waals surface area contributed by atoms with E-state index in [-0.39, 0.29) is 42.5 Å². The fraction of sp³-hybridized carbons (Fsp3) is 0.571. The van der Waals surface area contributed by atoms with Crippen LogP contribution in [0.15, 0.2) is 24.3 Å². The lowest BCUT2D eigenvalue weighted by Gasteiger charge is -2.19. The molecular formula is C21H27N3O3. The third kappa shape index (κ3) is 3.70. The Kier molecular flexibility index (Phi) is 5.14. The van der Waals surface area contributed by atoms with Gasteiger partial charge in [0.25, 0.3) is 0 Å². The minimum absolute atomic E-state index is 0.0764. The average Bonchev–Trinajstić information content (AvgIpc) is 3.30. The van der Waals surface area contributed by atoms with Crippen molar-refractivity contribution in [2.24, 2.45) is 11.8 Å². The number of hydrogen-bond acceptors (Lipinski definition) is 4. The van der Waals surface area contributed by atoms with Crippen molar-refractivity contribution in [2.45, 2.75) is 44.9 Å². The molecule has 0 aromatic heterocycles. The topological polar surface area (TPSA) is 69.7 Å². The predicted octanol–water partition coefficient (Wildman–Crippen LogP) is 2.79. The molecule has 6 heteroatoms. The number of amides is 3. The van der Waals surface area contributed by atoms with E-state index in [2.05, 4.69) is 10.2 Å². The predicted molar refractivity (Wildman–Crippen MR) is 103 cm³/mol. The molecular weight excluding hydrogens is 342 g/mol. The molecule has 0 bridgehead atoms. The van der Waals surface area contributed by atoms with Crippen LogP contribution in [0.5, 0.6) is 0 Å². The molecule has 0 spiro atoms. The van der Waals surface area contributed by atoms with E-state index in [1.54, 1.807) is 0 Å². The third-order valence-corrected chi connectivity index (χ3v) is 6.12. The van der Waals surface area contributed by atoms with Crippen molar-refractivity contribution in [3.63, 3.8) is 0 Å². The summed E-state index contributed by atoms with van der Waals surface area (Å²) >= 11 is 0. The van der Waals surface area contributed by atoms with E-state index in [0.717, 1.165) is 44.5 Å². The average molecular weight is 369 g/mol. The van der Waals surface area contributed by atoms with Crippen LogP contribution in [0.2, 0.25) is 0 Å². The quantitative estimate of drug-likeness (QED) is 0.811. The summed E-state index contributed by atoms with van der Waals surface area (Å²) in [6, 6.07) is 7.87. The van der Waals surface area contributed by atoms with Gasteiger partial charge in [-0.3, -0.25) is 19.3 Å². The molecule has 4 rings (SSSR count). The van der Waals surface area contributed by atoms with Crippen LogP contribution in [-0.2, 0) is 14.4 Å². The number of nitrogens with zero attached hydrogens (tertiary/aromatic N) is 2. The second kappa shape index (κ2) is 7.71. The van der Waals surface area contributed by atoms with Gasteiger partial charge < -0.3 is 10.2 Å². The summed E-state index contributed by atoms with van der Waals surface area (Å²) in [5.74, 6) is -0.612. The SMILES string of the molecule is O=C(CCN1C(=O)[C@H]2CCCC[C@H]2C1=O)Nc1ccc(N2CCCC2)cc1. The molecule has 2 atom stereocenters. The van der Waals surface area contributed by atoms with Crippen LogP contribution >= 0.6 is 0 Å². The highest BCUT2D eigenvalue weighted by molar-refractivity contribution is 6.05. The van der Waals surface area contributed by atoms with Gasteiger partial charge in [-0.15, -0.1) is 0 Å². The molecule has 3 amide bonds. The molecule has 2 heterocycles. The Morgan fingerprint density at radius 3 is 2.11 bits per heavy atom. The standard InChI is InChI=1S/C21H27N3O3/c25-19(22-15-7-9-16(10-8-15)23-12-3-4-13-23)11-14-24-20(26)17-5-1-2-6-18(17)21(24)27/h7-10,17-18H,1-6,11-14H2,(H,22,25)/t17-,18+. The number of carbonyl (C=O) groups is 3. The normalized spacial score (nSPS) is 25.0. The van der Waals surface area contributed by atoms with E-state index in [0.29, 0.717) is 0 Å². The minimum Gasteiger partial charge on any atom is -0.372 e. The maximum absolute atomic E-state index is 12.5. The number of carbonyl (C=O) groups excluding carboxylic acids is 3. The van der Waals surface area contributed by atoms with Crippen molar-refractivity contribution in [1.29, 1.82) is 0 Å². The van der Waals surface area contributed by atoms with Crippen molar-refractivity contribution in [1.82, 2.24) is 4.90 Å². The van der Waals surface area contributed by atoms with Crippen LogP contribution in [-0.4, -0.2) is 42.3 Å². The van der Waals surface area contributed by atoms with Gasteiger partial charge in [0.15, 0.2) is 0 Å². The molecule has 0 radical (unpaired) electrons. The first-order chi connectivity index (χ1) is 13.1. The van der Waals surface area contributed by atoms with Gasteiger partial charge in [-0.05, 0) is 49.9 Å². The van der Waals surface area contributed by atoms with E-state index >= 15 is 0 Å². The van der Waals surface area contributed by atoms with E-state index in [9.17, 15) is 14.4 Å². The smallest absolute Gasteiger partial charge is 0.233 e. The van der Waals surface area contributed by atoms with E-state index in [1.807, 2.05) is 24.3 Å². The Bertz CT molecular complexity index is 701. The summed E-state index contributed by atoms with van der Waals surface area (Å²) in [7, 11) is 0. The van der Waals surface area contributed by atoms with E-state index in [1.165, 1.54) is 23.4 Å². The number of hydrogen-bond donors (Lipinski definition) is 1. The maximum atomic E-state index is 12.5. The van der Waals surface area contributed by atoms with Crippen LogP contribution in [0.25, 0.3) is 0 Å². The van der Waals surface area contributed by atoms with Crippen LogP contribution in [0.3, 0.4) is 0 Å². The summed E-state index contributed by atoms with van der Waals surface area (Å²) < 4.78 is 0. The van der Waals surface area contributed by atoms with Crippen LogP contribution in [0, 0.1) is 11.8 Å². The summed E-state index contributed by atoms with van der Waals surface area (Å²) in [4.78, 5) is 40.8. The molecule has 1 saturated carbocycles. The first-order valence-corrected chi connectivity index (χ1v) is 10.1. The van der Waals surface area contributed by atoms with Crippen molar-refractivity contribution in [3.8, 4) is 0 Å². The highest BCUT2D eigenvalue weighted by Gasteiger charge is 2.47. The Balaban J connectivity index is 1.29. The van der Waals surface area contributed by atoms with Gasteiger partial charge >= 0.3 is 0 Å². The third-order valence-electron chi connectivity index (χ3n) is 6.12. The van der Waals surface area contributed by atoms with Crippen LogP contribution < -0.4 is 10.2 Å². The number of likely N-dealkylation sites (tertiary alicyclic amines) is 1. The van der Waals surface area contributed by atoms with Crippen molar-refractivity contribution >= 4 is 29.1 Å². The molecule has 144 valence electrons. The summed E-state index contributed by atoms with van der Waals surface area (Å²) in [6.45, 7) is 2.36. The summed E-state index contributed by atoms with van der Waals surface area (Å²) in [5, 5.41) is 2.87. The highest BCUT2D eigenvalue weighted by Crippen LogP contribution is 2.38. The van der Waals surface area contributed by atoms with Gasteiger partial charge in [-0.25, -0.2) is 0 Å². The lowest BCUT2D eigenvalue weighted by Crippen LogP contribution is -2.34. The van der Waals surface area contributed by atoms with Crippen LogP contribution in [0.1, 0.15) is 44.9 Å². The molecule has 2 saturated heterocycles. The number of anilines is 2. The minimum atomic E-state index is -0.167. The van der Waals surface area contributed by atoms with Crippen LogP contribution in [0.4, 0.5) is 11.4 Å². The maximum Gasteiger partial charge on any atom is 0.233 e. The zero-order valence-electron chi connectivity index (χ0n) is 15.7. The van der Waals surface area contributed by atoms with Gasteiger partial charge in [-0.1, -0.05) is 12.8 Å². The highest BCUT2D eigenvalue weighted by atomic mass is 16.2. The molecule has 6 nitrogen and oxygen atoms in total. The van der Waals surface area contributed by atoms with Gasteiger partial charge in [0.2, 0.25) is 17.7 Å². The molecule has 1 aromatic rings. The fourth-order valence-electron chi connectivity index (χ4n) is 4.62. The molecule has 2 aliphatic heterocycles. The number of rotatable bonds is 5. The fourth-order valence-corrected chi connectivity index (χ4v) is 4.62. The second-order valence-electron chi connectivity index (χ2n) is 7.86. The summed E-state index contributed by atoms with van der Waals surface area (Å²) in [6.07, 6.45) is 6.25. The largest absolute Gasteiger partial charge is 0.372 e. The summed E-state index contributed by atoms with van der Waals surface area (Å²) in [5.41, 5.74) is 1.93. The Morgan fingerprint density at radius 2 is 1.52 bits per heavy atom. The van der Waals surface area contributed by atoms with E-state index < -0.39 is 0 Å². The first-order valence-electron chi connectivity index (χ1n) is 10.1. The monoisotopic (exact) mass is 369 g/mol. The molecule has 0 unspecified atom stereocenters. The number of nitrogens with one attached hydrogen (secondary N) is 1. The molecule has 1 aromatic carbocycles. The van der Waals surface area contributed by atoms with Gasteiger partial charge in [0.1, 0.15) is 0 Å². The lowest BCUT2D eigenvalue weighted by atomic mass is 9.81. The molecule has 27 heavy (non-hydrogen) atoms. The first kappa shape index (κ1) is 18.0. The van der Waals surface area contributed by atoms with Crippen molar-refractivity contribution in [3.05, 3.63) is 24.3 Å². The Morgan fingerprint density at radius 1 is 0.926 bits per heavy atom. The van der Waals surface area contributed by atoms with Crippen molar-refractivity contribution < 1.29 is 14.4 Å². The number of benzene rings is 1. The van der Waals surface area contributed by atoms with Crippen molar-refractivity contribution in [2.75, 3.05) is 29.9 Å². The molecule has 1 aliphatic carbocycles. The second-order valence-corrected chi connectivity index (χ2v) is 7.86. The van der Waals surface area contributed by atoms with Gasteiger partial charge in [-0.2, -0.15) is 0 Å². The van der Waals surface area contributed by atoms with E-state index in [4.69, 9.17) is 0 Å². The molecule has 1 N–H and O–H groups in total. The van der Waals surface area contributed by atoms with Gasteiger partial charge in [0, 0.05) is 37.4 Å². The van der Waals surface area contributed by atoms with Gasteiger partial charge in [0.05, 0.1) is 11.8 Å². The lowest BCUT2D eigenvalue weighted by molar-refractivity contribution is -0.140. The zero-order chi connectivity index (χ0) is 18.8. The Labute approximate surface area is 159 Å². The molecule has 3 fully saturated rings. The molecule has 3 aliphatic rings. The number of fused-ring (bicyclic) bond motifs is 1. The zero-order valence-corrected chi connectivity index (χ0v) is 15.7. The Hall–Kier alpha value is -2.37.